The Morgan fingerprint density at radius 2 is 2.05 bits per heavy atom. The number of ether oxygens (including phenoxy) is 1. The molecule has 110 valence electrons. The number of nitrogens with one attached hydrogen (secondary N) is 2. The fourth-order valence-electron chi connectivity index (χ4n) is 1.94. The summed E-state index contributed by atoms with van der Waals surface area (Å²) in [6.07, 6.45) is 1.97. The summed E-state index contributed by atoms with van der Waals surface area (Å²) < 4.78 is 31.4. The Morgan fingerprint density at radius 3 is 2.70 bits per heavy atom. The molecule has 1 aromatic rings. The van der Waals surface area contributed by atoms with Crippen molar-refractivity contribution in [2.45, 2.75) is 23.8 Å². The van der Waals surface area contributed by atoms with E-state index < -0.39 is 10.0 Å². The van der Waals surface area contributed by atoms with Crippen molar-refractivity contribution in [1.82, 2.24) is 10.0 Å². The Balaban J connectivity index is 1.77. The Kier molecular flexibility index (Phi) is 5.11. The van der Waals surface area contributed by atoms with Gasteiger partial charge < -0.3 is 10.1 Å². The summed E-state index contributed by atoms with van der Waals surface area (Å²) in [5.74, 6) is -0.361. The van der Waals surface area contributed by atoms with Crippen molar-refractivity contribution >= 4 is 15.9 Å². The molecule has 1 aliphatic rings. The predicted molar refractivity (Wildman–Crippen MR) is 73.6 cm³/mol. The highest BCUT2D eigenvalue weighted by atomic mass is 32.2. The van der Waals surface area contributed by atoms with E-state index in [0.717, 1.165) is 19.4 Å². The van der Waals surface area contributed by atoms with Gasteiger partial charge in [-0.1, -0.05) is 18.2 Å². The molecule has 2 N–H and O–H groups in total. The molecular weight excluding hydrogens is 280 g/mol. The van der Waals surface area contributed by atoms with Gasteiger partial charge in [-0.3, -0.25) is 4.79 Å². The number of hydrogen-bond donors (Lipinski definition) is 2. The maximum absolute atomic E-state index is 11.9. The van der Waals surface area contributed by atoms with Gasteiger partial charge in [-0.25, -0.2) is 13.1 Å². The van der Waals surface area contributed by atoms with Crippen LogP contribution >= 0.6 is 0 Å². The third kappa shape index (κ3) is 4.29. The summed E-state index contributed by atoms with van der Waals surface area (Å²) in [5, 5.41) is 2.66. The lowest BCUT2D eigenvalue weighted by Gasteiger charge is -2.11. The highest BCUT2D eigenvalue weighted by Gasteiger charge is 2.18. The van der Waals surface area contributed by atoms with Crippen LogP contribution in [-0.2, 0) is 19.6 Å². The molecule has 0 radical (unpaired) electrons. The Bertz CT molecular complexity index is 539. The van der Waals surface area contributed by atoms with Crippen LogP contribution in [0.2, 0.25) is 0 Å². The number of sulfonamides is 1. The lowest BCUT2D eigenvalue weighted by Crippen LogP contribution is -2.39. The molecular formula is C13H18N2O4S. The molecule has 0 aromatic heterocycles. The number of benzene rings is 1. The minimum atomic E-state index is -3.63. The molecule has 6 nitrogen and oxygen atoms in total. The van der Waals surface area contributed by atoms with Crippen LogP contribution in [0.15, 0.2) is 35.2 Å². The fraction of sp³-hybridized carbons (Fsp3) is 0.462. The zero-order valence-electron chi connectivity index (χ0n) is 11.0. The van der Waals surface area contributed by atoms with Crippen molar-refractivity contribution in [2.24, 2.45) is 0 Å². The first-order valence-corrected chi connectivity index (χ1v) is 7.99. The van der Waals surface area contributed by atoms with E-state index in [-0.39, 0.29) is 23.5 Å². The SMILES string of the molecule is O=C(CNS(=O)(=O)c1ccccc1)NC[C@H]1CCCO1. The summed E-state index contributed by atoms with van der Waals surface area (Å²) in [4.78, 5) is 11.7. The van der Waals surface area contributed by atoms with E-state index >= 15 is 0 Å². The van der Waals surface area contributed by atoms with E-state index in [4.69, 9.17) is 4.74 Å². The lowest BCUT2D eigenvalue weighted by atomic mass is 10.2. The van der Waals surface area contributed by atoms with Gasteiger partial charge in [0.15, 0.2) is 0 Å². The van der Waals surface area contributed by atoms with Crippen LogP contribution in [-0.4, -0.2) is 40.1 Å². The molecule has 2 rings (SSSR count). The zero-order valence-corrected chi connectivity index (χ0v) is 11.9. The summed E-state index contributed by atoms with van der Waals surface area (Å²) in [5.41, 5.74) is 0. The van der Waals surface area contributed by atoms with Crippen LogP contribution < -0.4 is 10.0 Å². The Labute approximate surface area is 118 Å². The molecule has 0 saturated carbocycles. The van der Waals surface area contributed by atoms with Gasteiger partial charge in [-0.05, 0) is 25.0 Å². The van der Waals surface area contributed by atoms with E-state index in [0.29, 0.717) is 6.54 Å². The predicted octanol–water partition coefficient (Wildman–Crippen LogP) is 0.260. The van der Waals surface area contributed by atoms with Gasteiger partial charge >= 0.3 is 0 Å². The largest absolute Gasteiger partial charge is 0.376 e. The molecule has 1 aromatic carbocycles. The van der Waals surface area contributed by atoms with Crippen LogP contribution in [0, 0.1) is 0 Å². The van der Waals surface area contributed by atoms with Gasteiger partial charge in [-0.2, -0.15) is 0 Å². The lowest BCUT2D eigenvalue weighted by molar-refractivity contribution is -0.120. The van der Waals surface area contributed by atoms with Crippen LogP contribution in [0.3, 0.4) is 0 Å². The average molecular weight is 298 g/mol. The third-order valence-corrected chi connectivity index (χ3v) is 4.44. The number of amides is 1. The number of carbonyl (C=O) groups excluding carboxylic acids is 1. The molecule has 7 heteroatoms. The van der Waals surface area contributed by atoms with Gasteiger partial charge in [0.2, 0.25) is 15.9 Å². The van der Waals surface area contributed by atoms with Crippen LogP contribution in [0.25, 0.3) is 0 Å². The molecule has 0 unspecified atom stereocenters. The third-order valence-electron chi connectivity index (χ3n) is 3.03. The number of carbonyl (C=O) groups is 1. The normalized spacial score (nSPS) is 18.9. The maximum atomic E-state index is 11.9. The smallest absolute Gasteiger partial charge is 0.241 e. The van der Waals surface area contributed by atoms with Crippen molar-refractivity contribution < 1.29 is 17.9 Å². The van der Waals surface area contributed by atoms with Crippen LogP contribution in [0.5, 0.6) is 0 Å². The average Bonchev–Trinajstić information content (AvgIpc) is 2.97. The second kappa shape index (κ2) is 6.83. The van der Waals surface area contributed by atoms with Gasteiger partial charge in [0, 0.05) is 13.2 Å². The molecule has 0 spiro atoms. The molecule has 0 aliphatic carbocycles. The molecule has 1 amide bonds. The number of hydrogen-bond acceptors (Lipinski definition) is 4. The quantitative estimate of drug-likeness (QED) is 0.789. The monoisotopic (exact) mass is 298 g/mol. The first-order valence-electron chi connectivity index (χ1n) is 6.51. The van der Waals surface area contributed by atoms with Crippen LogP contribution in [0.1, 0.15) is 12.8 Å². The first kappa shape index (κ1) is 15.0. The van der Waals surface area contributed by atoms with E-state index in [1.54, 1.807) is 18.2 Å². The molecule has 1 saturated heterocycles. The summed E-state index contributed by atoms with van der Waals surface area (Å²) in [6, 6.07) is 7.95. The second-order valence-electron chi connectivity index (χ2n) is 4.58. The summed E-state index contributed by atoms with van der Waals surface area (Å²) >= 11 is 0. The minimum absolute atomic E-state index is 0.0460. The van der Waals surface area contributed by atoms with Crippen LogP contribution in [0.4, 0.5) is 0 Å². The maximum Gasteiger partial charge on any atom is 0.241 e. The fourth-order valence-corrected chi connectivity index (χ4v) is 2.94. The molecule has 1 aliphatic heterocycles. The van der Waals surface area contributed by atoms with Gasteiger partial charge in [0.1, 0.15) is 0 Å². The van der Waals surface area contributed by atoms with E-state index in [1.807, 2.05) is 0 Å². The number of rotatable bonds is 6. The Morgan fingerprint density at radius 1 is 1.30 bits per heavy atom. The summed E-state index contributed by atoms with van der Waals surface area (Å²) in [7, 11) is -3.63. The van der Waals surface area contributed by atoms with E-state index in [9.17, 15) is 13.2 Å². The van der Waals surface area contributed by atoms with E-state index in [1.165, 1.54) is 12.1 Å². The van der Waals surface area contributed by atoms with Crippen molar-refractivity contribution in [3.8, 4) is 0 Å². The second-order valence-corrected chi connectivity index (χ2v) is 6.34. The van der Waals surface area contributed by atoms with Crippen molar-refractivity contribution in [1.29, 1.82) is 0 Å². The molecule has 20 heavy (non-hydrogen) atoms. The van der Waals surface area contributed by atoms with Gasteiger partial charge in [0.25, 0.3) is 0 Å². The van der Waals surface area contributed by atoms with Crippen molar-refractivity contribution in [3.05, 3.63) is 30.3 Å². The highest BCUT2D eigenvalue weighted by Crippen LogP contribution is 2.10. The zero-order chi connectivity index (χ0) is 14.4. The first-order chi connectivity index (χ1) is 9.58. The molecule has 1 fully saturated rings. The minimum Gasteiger partial charge on any atom is -0.376 e. The highest BCUT2D eigenvalue weighted by molar-refractivity contribution is 7.89. The Hall–Kier alpha value is -1.44. The van der Waals surface area contributed by atoms with Crippen molar-refractivity contribution in [3.63, 3.8) is 0 Å². The van der Waals surface area contributed by atoms with Gasteiger partial charge in [-0.15, -0.1) is 0 Å². The van der Waals surface area contributed by atoms with Gasteiger partial charge in [0.05, 0.1) is 17.5 Å². The summed E-state index contributed by atoms with van der Waals surface area (Å²) in [6.45, 7) is 0.872. The molecule has 0 bridgehead atoms. The molecule has 1 atom stereocenters. The molecule has 1 heterocycles. The topological polar surface area (TPSA) is 84.5 Å². The standard InChI is InChI=1S/C13H18N2O4S/c16-13(14-9-11-5-4-8-19-11)10-15-20(17,18)12-6-2-1-3-7-12/h1-3,6-7,11,15H,4-5,8-10H2,(H,14,16)/t11-/m1/s1. The van der Waals surface area contributed by atoms with E-state index in [2.05, 4.69) is 10.0 Å². The van der Waals surface area contributed by atoms with Crippen molar-refractivity contribution in [2.75, 3.05) is 19.7 Å².